The van der Waals surface area contributed by atoms with E-state index in [9.17, 15) is 26.4 Å². The second kappa shape index (κ2) is 18.9. The topological polar surface area (TPSA) is 206 Å². The number of amides is 2. The summed E-state index contributed by atoms with van der Waals surface area (Å²) < 4.78 is 79.3. The molecule has 0 spiro atoms. The fourth-order valence-electron chi connectivity index (χ4n) is 6.01. The van der Waals surface area contributed by atoms with Crippen molar-refractivity contribution in [3.8, 4) is 23.0 Å². The Morgan fingerprint density at radius 2 is 1.49 bits per heavy atom. The van der Waals surface area contributed by atoms with E-state index in [1.165, 1.54) is 20.3 Å². The maximum Gasteiger partial charge on any atom is 0.329 e. The van der Waals surface area contributed by atoms with Gasteiger partial charge in [-0.25, -0.2) is 26.4 Å². The fourth-order valence-corrected chi connectivity index (χ4v) is 8.08. The van der Waals surface area contributed by atoms with Gasteiger partial charge in [0.2, 0.25) is 0 Å². The van der Waals surface area contributed by atoms with Gasteiger partial charge in [-0.3, -0.25) is 4.98 Å². The van der Waals surface area contributed by atoms with Gasteiger partial charge in [0.1, 0.15) is 28.8 Å². The monoisotopic (exact) mass is 849 g/mol. The molecule has 1 aromatic heterocycles. The first-order valence-corrected chi connectivity index (χ1v) is 21.9. The Bertz CT molecular complexity index is 2550. The molecule has 59 heavy (non-hydrogen) atoms. The van der Waals surface area contributed by atoms with Gasteiger partial charge in [0.05, 0.1) is 56.1 Å². The highest BCUT2D eigenvalue weighted by atomic mass is 32.2. The summed E-state index contributed by atoms with van der Waals surface area (Å²) >= 11 is 0. The van der Waals surface area contributed by atoms with Gasteiger partial charge in [-0.05, 0) is 65.1 Å². The van der Waals surface area contributed by atoms with Crippen LogP contribution in [0.25, 0.3) is 10.8 Å². The summed E-state index contributed by atoms with van der Waals surface area (Å²) in [4.78, 5) is 28.5. The number of methoxy groups -OCH3 is 2. The molecular formula is C42H47N3O12S2. The van der Waals surface area contributed by atoms with Crippen molar-refractivity contribution in [2.24, 2.45) is 0 Å². The summed E-state index contributed by atoms with van der Waals surface area (Å²) in [6.07, 6.45) is 2.92. The standard InChI is InChI=1S/C42H47N3O12S2/c1-42(2,3)28-22-36(40(54-5)38(23-28)58(6,49)50)45-41(48)44-35-11-12-37(34-10-8-7-9-33(34)35)57-30-13-14-43-29(24-30)19-27-20-31(53-4)25-32(21-27)59(51,52)18-17-55-15-16-56-26-39(46)47/h7-14,20-25H,15-19,26H2,1-6H3,(H,46,47)(H2,44,45,48). The third-order valence-corrected chi connectivity index (χ3v) is 11.7. The van der Waals surface area contributed by atoms with E-state index in [0.29, 0.717) is 50.5 Å². The molecule has 5 aromatic rings. The van der Waals surface area contributed by atoms with Crippen LogP contribution in [-0.4, -0.2) is 91.6 Å². The largest absolute Gasteiger partial charge is 0.497 e. The summed E-state index contributed by atoms with van der Waals surface area (Å²) in [5.74, 6) is -0.0809. The lowest BCUT2D eigenvalue weighted by Crippen LogP contribution is -2.22. The van der Waals surface area contributed by atoms with Gasteiger partial charge in [0, 0.05) is 41.4 Å². The Hall–Kier alpha value is -5.75. The number of nitrogens with zero attached hydrogens (tertiary/aromatic N) is 1. The number of hydrogen-bond donors (Lipinski definition) is 3. The van der Waals surface area contributed by atoms with E-state index in [1.54, 1.807) is 54.7 Å². The van der Waals surface area contributed by atoms with E-state index in [4.69, 9.17) is 28.8 Å². The highest BCUT2D eigenvalue weighted by molar-refractivity contribution is 7.91. The SMILES string of the molecule is COc1cc(Cc2cc(Oc3ccc(NC(=O)Nc4cc(C(C)(C)C)cc(S(C)(=O)=O)c4OC)c4ccccc34)ccn2)cc(S(=O)(=O)CCOCCOCC(=O)O)c1. The number of carbonyl (C=O) groups is 2. The lowest BCUT2D eigenvalue weighted by atomic mass is 9.86. The van der Waals surface area contributed by atoms with E-state index < -0.39 is 43.7 Å². The van der Waals surface area contributed by atoms with E-state index in [-0.39, 0.29) is 53.2 Å². The number of aromatic nitrogens is 1. The predicted molar refractivity (Wildman–Crippen MR) is 223 cm³/mol. The first-order chi connectivity index (χ1) is 27.9. The number of nitrogens with one attached hydrogen (secondary N) is 2. The molecule has 5 rings (SSSR count). The third-order valence-electron chi connectivity index (χ3n) is 8.93. The van der Waals surface area contributed by atoms with Crippen LogP contribution in [0.2, 0.25) is 0 Å². The molecule has 0 unspecified atom stereocenters. The van der Waals surface area contributed by atoms with Crippen molar-refractivity contribution >= 4 is 53.8 Å². The van der Waals surface area contributed by atoms with Crippen LogP contribution in [0, 0.1) is 0 Å². The van der Waals surface area contributed by atoms with Crippen LogP contribution in [0.1, 0.15) is 37.6 Å². The molecule has 0 saturated heterocycles. The number of fused-ring (bicyclic) bond motifs is 1. The second-order valence-corrected chi connectivity index (χ2v) is 18.6. The van der Waals surface area contributed by atoms with E-state index in [2.05, 4.69) is 15.6 Å². The third kappa shape index (κ3) is 11.9. The maximum absolute atomic E-state index is 13.5. The Morgan fingerprint density at radius 1 is 0.780 bits per heavy atom. The minimum atomic E-state index is -3.77. The normalized spacial score (nSPS) is 11.9. The van der Waals surface area contributed by atoms with Crippen molar-refractivity contribution in [2.75, 3.05) is 63.3 Å². The summed E-state index contributed by atoms with van der Waals surface area (Å²) in [5.41, 5.74) is 2.16. The average Bonchev–Trinajstić information content (AvgIpc) is 3.17. The second-order valence-electron chi connectivity index (χ2n) is 14.5. The number of anilines is 2. The zero-order chi connectivity index (χ0) is 43.0. The van der Waals surface area contributed by atoms with Gasteiger partial charge in [-0.2, -0.15) is 0 Å². The summed E-state index contributed by atoms with van der Waals surface area (Å²) in [5, 5.41) is 15.6. The van der Waals surface area contributed by atoms with E-state index in [1.807, 2.05) is 45.0 Å². The molecule has 0 atom stereocenters. The average molecular weight is 850 g/mol. The number of urea groups is 1. The number of hydrogen-bond acceptors (Lipinski definition) is 12. The van der Waals surface area contributed by atoms with Crippen LogP contribution in [0.15, 0.2) is 94.9 Å². The minimum Gasteiger partial charge on any atom is -0.497 e. The molecule has 3 N–H and O–H groups in total. The number of benzene rings is 4. The molecule has 0 aliphatic rings. The zero-order valence-corrected chi connectivity index (χ0v) is 35.2. The van der Waals surface area contributed by atoms with Crippen LogP contribution >= 0.6 is 0 Å². The van der Waals surface area contributed by atoms with Crippen molar-refractivity contribution in [1.29, 1.82) is 0 Å². The number of carbonyl (C=O) groups excluding carboxylic acids is 1. The lowest BCUT2D eigenvalue weighted by Gasteiger charge is -2.23. The predicted octanol–water partition coefficient (Wildman–Crippen LogP) is 6.87. The Kier molecular flexibility index (Phi) is 14.2. The smallest absolute Gasteiger partial charge is 0.329 e. The van der Waals surface area contributed by atoms with E-state index >= 15 is 0 Å². The molecule has 17 heteroatoms. The van der Waals surface area contributed by atoms with Gasteiger partial charge in [0.15, 0.2) is 25.4 Å². The van der Waals surface area contributed by atoms with Gasteiger partial charge in [-0.15, -0.1) is 0 Å². The summed E-state index contributed by atoms with van der Waals surface area (Å²) in [6.45, 7) is 5.31. The highest BCUT2D eigenvalue weighted by Gasteiger charge is 2.25. The Balaban J connectivity index is 1.32. The molecule has 0 fully saturated rings. The number of sulfone groups is 2. The van der Waals surface area contributed by atoms with Gasteiger partial charge >= 0.3 is 12.0 Å². The van der Waals surface area contributed by atoms with Crippen molar-refractivity contribution < 1.29 is 55.2 Å². The Labute approximate surface area is 343 Å². The molecule has 0 aliphatic heterocycles. The van der Waals surface area contributed by atoms with Crippen molar-refractivity contribution in [1.82, 2.24) is 4.98 Å². The van der Waals surface area contributed by atoms with Crippen molar-refractivity contribution in [3.05, 3.63) is 102 Å². The molecule has 0 saturated carbocycles. The van der Waals surface area contributed by atoms with Crippen molar-refractivity contribution in [3.63, 3.8) is 0 Å². The molecule has 0 aliphatic carbocycles. The quantitative estimate of drug-likeness (QED) is 0.0771. The number of carboxylic acids is 1. The molecule has 0 radical (unpaired) electrons. The van der Waals surface area contributed by atoms with Gasteiger partial charge in [0.25, 0.3) is 0 Å². The van der Waals surface area contributed by atoms with Crippen molar-refractivity contribution in [2.45, 2.75) is 42.4 Å². The number of carboxylic acid groups (broad SMARTS) is 1. The minimum absolute atomic E-state index is 0.0194. The van der Waals surface area contributed by atoms with Crippen LogP contribution in [0.3, 0.4) is 0 Å². The first kappa shape index (κ1) is 44.4. The lowest BCUT2D eigenvalue weighted by molar-refractivity contribution is -0.142. The molecular weight excluding hydrogens is 803 g/mol. The number of aliphatic carboxylic acids is 1. The van der Waals surface area contributed by atoms with Crippen LogP contribution in [0.5, 0.6) is 23.0 Å². The first-order valence-electron chi connectivity index (χ1n) is 18.3. The van der Waals surface area contributed by atoms with Crippen LogP contribution in [-0.2, 0) is 45.8 Å². The fraction of sp³-hybridized carbons (Fsp3) is 0.310. The number of pyridine rings is 1. The molecule has 2 amide bonds. The van der Waals surface area contributed by atoms with Crippen LogP contribution < -0.4 is 24.8 Å². The van der Waals surface area contributed by atoms with Crippen LogP contribution in [0.4, 0.5) is 16.2 Å². The molecule has 314 valence electrons. The summed E-state index contributed by atoms with van der Waals surface area (Å²) in [7, 11) is -4.68. The molecule has 0 bridgehead atoms. The Morgan fingerprint density at radius 3 is 2.17 bits per heavy atom. The number of ether oxygens (including phenoxy) is 5. The zero-order valence-electron chi connectivity index (χ0n) is 33.5. The van der Waals surface area contributed by atoms with Gasteiger partial charge in [-0.1, -0.05) is 45.0 Å². The maximum atomic E-state index is 13.5. The van der Waals surface area contributed by atoms with Gasteiger partial charge < -0.3 is 39.4 Å². The van der Waals surface area contributed by atoms with E-state index in [0.717, 1.165) is 6.26 Å². The number of rotatable bonds is 18. The molecule has 4 aromatic carbocycles. The highest BCUT2D eigenvalue weighted by Crippen LogP contribution is 2.39. The molecule has 15 nitrogen and oxygen atoms in total. The summed E-state index contributed by atoms with van der Waals surface area (Å²) in [6, 6.07) is 21.5. The molecule has 1 heterocycles.